The van der Waals surface area contributed by atoms with Gasteiger partial charge in [-0.25, -0.2) is 5.10 Å². The molecule has 2 rings (SSSR count). The Morgan fingerprint density at radius 2 is 2.23 bits per heavy atom. The summed E-state index contributed by atoms with van der Waals surface area (Å²) >= 11 is 2.38. The van der Waals surface area contributed by atoms with Crippen LogP contribution in [-0.2, 0) is 0 Å². The summed E-state index contributed by atoms with van der Waals surface area (Å²) in [5.74, 6) is -0.740. The fourth-order valence-corrected chi connectivity index (χ4v) is 1.41. The Morgan fingerprint density at radius 1 is 1.46 bits per heavy atom. The van der Waals surface area contributed by atoms with Gasteiger partial charge in [-0.05, 0) is 0 Å². The largest absolute Gasteiger partial charge is 0.561 e. The Hall–Kier alpha value is -1.38. The number of rotatable bonds is 1. The second kappa shape index (κ2) is 2.84. The maximum Gasteiger partial charge on any atom is 0.551 e. The summed E-state index contributed by atoms with van der Waals surface area (Å²) in [5, 5.41) is 11.6. The molecule has 0 aliphatic rings. The molecule has 2 aromatic heterocycles. The van der Waals surface area contributed by atoms with Crippen LogP contribution in [0.15, 0.2) is 18.6 Å². The summed E-state index contributed by atoms with van der Waals surface area (Å²) in [4.78, 5) is 14.7. The highest BCUT2D eigenvalue weighted by Gasteiger charge is 2.16. The molecule has 5 nitrogen and oxygen atoms in total. The van der Waals surface area contributed by atoms with Crippen molar-refractivity contribution in [1.29, 1.82) is 0 Å². The predicted molar refractivity (Wildman–Crippen MR) is 46.6 cm³/mol. The van der Waals surface area contributed by atoms with Crippen LogP contribution < -0.4 is 0 Å². The van der Waals surface area contributed by atoms with Crippen LogP contribution in [0.4, 0.5) is 0 Å². The van der Waals surface area contributed by atoms with E-state index in [0.717, 1.165) is 5.52 Å². The minimum absolute atomic E-state index is 0.284. The van der Waals surface area contributed by atoms with Gasteiger partial charge in [0.15, 0.2) is 5.56 Å². The molecule has 62 valence electrons. The highest BCUT2D eigenvalue weighted by molar-refractivity contribution is 6.12. The summed E-state index contributed by atoms with van der Waals surface area (Å²) in [6, 6.07) is 0. The molecule has 2 heterocycles. The molecule has 2 N–H and O–H groups in total. The minimum atomic E-state index is -0.740. The van der Waals surface area contributed by atoms with Crippen LogP contribution in [0.1, 0.15) is 10.4 Å². The highest BCUT2D eigenvalue weighted by atomic mass is 27.1. The number of aromatic nitrogens is 3. The molecule has 0 unspecified atom stereocenters. The van der Waals surface area contributed by atoms with E-state index in [4.69, 9.17) is 5.11 Å². The summed E-state index contributed by atoms with van der Waals surface area (Å²) in [5.41, 5.74) is 1.01. The van der Waals surface area contributed by atoms with Crippen LogP contribution >= 0.6 is 0 Å². The Morgan fingerprint density at radius 3 is 2.92 bits per heavy atom. The minimum Gasteiger partial charge on any atom is -0.561 e. The summed E-state index contributed by atoms with van der Waals surface area (Å²) < 4.78 is 1.54. The lowest BCUT2D eigenvalue weighted by molar-refractivity contribution is 0.0698. The standard InChI is InChI=1S/C7H5N3O2.Al/c11-7(12)5-1-8-3-6-4(5)2-9-10-6;/h1-3H,(H2,8,9,10,11,12);/q;+1. The second-order valence-corrected chi connectivity index (χ2v) is 3.03. The topological polar surface area (TPSA) is 70.7 Å². The highest BCUT2D eigenvalue weighted by Crippen LogP contribution is 2.15. The van der Waals surface area contributed by atoms with Crippen molar-refractivity contribution >= 4 is 33.4 Å². The number of fused-ring (bicyclic) bond motifs is 1. The van der Waals surface area contributed by atoms with E-state index in [1.54, 1.807) is 12.4 Å². The zero-order chi connectivity index (χ0) is 9.42. The molecule has 0 amide bonds. The second-order valence-electron chi connectivity index (χ2n) is 2.54. The number of hydrogen-bond donors (Lipinski definition) is 0. The molecule has 0 atom stereocenters. The van der Waals surface area contributed by atoms with E-state index >= 15 is 0 Å². The predicted octanol–water partition coefficient (Wildman–Crippen LogP) is -0.772. The van der Waals surface area contributed by atoms with Gasteiger partial charge >= 0.3 is 22.5 Å². The molecule has 2 aromatic rings. The lowest BCUT2D eigenvalue weighted by Crippen LogP contribution is -1.98. The fourth-order valence-electron chi connectivity index (χ4n) is 1.14. The van der Waals surface area contributed by atoms with Crippen LogP contribution in [-0.4, -0.2) is 41.3 Å². The maximum absolute atomic E-state index is 10.9. The Bertz CT molecular complexity index is 480. The van der Waals surface area contributed by atoms with E-state index in [9.17, 15) is 4.79 Å². The van der Waals surface area contributed by atoms with E-state index in [1.165, 1.54) is 9.86 Å². The van der Waals surface area contributed by atoms with Gasteiger partial charge in [-0.3, -0.25) is 4.98 Å². The smallest absolute Gasteiger partial charge is 0.551 e. The summed E-state index contributed by atoms with van der Waals surface area (Å²) in [7, 11) is 0. The normalized spacial score (nSPS) is 10.5. The van der Waals surface area contributed by atoms with E-state index in [0.29, 0.717) is 5.39 Å². The van der Waals surface area contributed by atoms with Crippen molar-refractivity contribution in [2.24, 2.45) is 0 Å². The third-order valence-corrected chi connectivity index (χ3v) is 2.18. The average Bonchev–Trinajstić information content (AvgIpc) is 2.48. The van der Waals surface area contributed by atoms with Gasteiger partial charge in [0.1, 0.15) is 0 Å². The Kier molecular flexibility index (Phi) is 1.80. The van der Waals surface area contributed by atoms with Gasteiger partial charge in [0, 0.05) is 16.4 Å². The molecule has 0 fully saturated rings. The molecule has 13 heavy (non-hydrogen) atoms. The lowest BCUT2D eigenvalue weighted by Gasteiger charge is -1.94. The van der Waals surface area contributed by atoms with Crippen molar-refractivity contribution < 1.29 is 9.90 Å². The van der Waals surface area contributed by atoms with Gasteiger partial charge in [-0.15, -0.1) is 0 Å². The van der Waals surface area contributed by atoms with E-state index in [-0.39, 0.29) is 5.56 Å². The molecular formula is C7H5AlN3O2+. The fraction of sp³-hybridized carbons (Fsp3) is 0. The summed E-state index contributed by atoms with van der Waals surface area (Å²) in [6.45, 7) is 0. The number of carbonyl (C=O) groups is 1. The number of pyridine rings is 1. The molecule has 0 spiro atoms. The monoisotopic (exact) mass is 190 g/mol. The van der Waals surface area contributed by atoms with Crippen molar-refractivity contribution in [3.63, 3.8) is 0 Å². The molecule has 2 radical (unpaired) electrons. The molecule has 0 bridgehead atoms. The first-order valence-corrected chi connectivity index (χ1v) is 4.04. The third kappa shape index (κ3) is 1.20. The zero-order valence-electron chi connectivity index (χ0n) is 6.56. The van der Waals surface area contributed by atoms with Crippen molar-refractivity contribution in [1.82, 2.24) is 13.7 Å². The van der Waals surface area contributed by atoms with Gasteiger partial charge in [0.2, 0.25) is 0 Å². The van der Waals surface area contributed by atoms with Crippen molar-refractivity contribution in [3.05, 3.63) is 24.2 Å². The van der Waals surface area contributed by atoms with Gasteiger partial charge in [-0.1, -0.05) is 0 Å². The average molecular weight is 190 g/mol. The molecule has 0 aliphatic carbocycles. The molecule has 0 aromatic carbocycles. The maximum atomic E-state index is 10.9. The third-order valence-electron chi connectivity index (χ3n) is 1.77. The van der Waals surface area contributed by atoms with Crippen molar-refractivity contribution in [2.45, 2.75) is 0 Å². The van der Waals surface area contributed by atoms with Crippen molar-refractivity contribution in [2.75, 3.05) is 0 Å². The molecule has 0 saturated heterocycles. The Balaban J connectivity index is 2.84. The first kappa shape index (κ1) is 8.23. The van der Waals surface area contributed by atoms with Gasteiger partial charge in [-0.2, -0.15) is 0 Å². The van der Waals surface area contributed by atoms with E-state index in [2.05, 4.69) is 26.6 Å². The molecular weight excluding hydrogens is 185 g/mol. The van der Waals surface area contributed by atoms with Crippen LogP contribution in [0.25, 0.3) is 10.9 Å². The van der Waals surface area contributed by atoms with E-state index < -0.39 is 5.97 Å². The van der Waals surface area contributed by atoms with Crippen LogP contribution in [0.2, 0.25) is 0 Å². The zero-order valence-corrected chi connectivity index (χ0v) is 7.71. The number of carbonyl (C=O) groups excluding carboxylic acids is 1. The summed E-state index contributed by atoms with van der Waals surface area (Å²) in [6.07, 6.45) is 4.53. The van der Waals surface area contributed by atoms with Crippen LogP contribution in [0.3, 0.4) is 0 Å². The van der Waals surface area contributed by atoms with Gasteiger partial charge < -0.3 is 8.77 Å². The number of nitrogens with zero attached hydrogens (tertiary/aromatic N) is 3. The SMILES string of the molecule is O=C([OH2+])c1cncc2c1cn[n]2[Al]. The molecule has 0 aliphatic heterocycles. The van der Waals surface area contributed by atoms with Gasteiger partial charge in [0.25, 0.3) is 0 Å². The van der Waals surface area contributed by atoms with Crippen LogP contribution in [0, 0.1) is 0 Å². The number of hydrogen-bond acceptors (Lipinski definition) is 3. The quantitative estimate of drug-likeness (QED) is 0.437. The first-order valence-electron chi connectivity index (χ1n) is 3.53. The Labute approximate surface area is 81.6 Å². The van der Waals surface area contributed by atoms with Gasteiger partial charge in [0.05, 0.1) is 17.9 Å². The lowest BCUT2D eigenvalue weighted by atomic mass is 10.2. The van der Waals surface area contributed by atoms with Crippen molar-refractivity contribution in [3.8, 4) is 0 Å². The van der Waals surface area contributed by atoms with E-state index in [1.807, 2.05) is 0 Å². The first-order chi connectivity index (χ1) is 6.20. The molecule has 0 saturated carbocycles. The van der Waals surface area contributed by atoms with Crippen LogP contribution in [0.5, 0.6) is 0 Å². The molecule has 6 heteroatoms.